The number of aliphatic hydroxyl groups excluding tert-OH is 1. The molecule has 1 aromatic heterocycles. The van der Waals surface area contributed by atoms with Crippen molar-refractivity contribution < 1.29 is 13.5 Å². The van der Waals surface area contributed by atoms with Crippen molar-refractivity contribution >= 4 is 10.0 Å². The van der Waals surface area contributed by atoms with Crippen LogP contribution in [0.15, 0.2) is 11.2 Å². The molecule has 0 amide bonds. The van der Waals surface area contributed by atoms with Crippen molar-refractivity contribution in [3.8, 4) is 0 Å². The zero-order chi connectivity index (χ0) is 14.7. The van der Waals surface area contributed by atoms with Crippen molar-refractivity contribution in [2.24, 2.45) is 0 Å². The Kier molecular flexibility index (Phi) is 5.11. The highest BCUT2D eigenvalue weighted by Gasteiger charge is 2.30. The molecule has 1 rings (SSSR count). The maximum atomic E-state index is 12.3. The van der Waals surface area contributed by atoms with E-state index >= 15 is 0 Å². The van der Waals surface area contributed by atoms with E-state index in [0.29, 0.717) is 25.2 Å². The molecule has 1 aromatic rings. The maximum Gasteiger partial charge on any atom is 0.260 e. The molecule has 19 heavy (non-hydrogen) atoms. The Morgan fingerprint density at radius 1 is 1.47 bits per heavy atom. The minimum Gasteiger partial charge on any atom is -0.396 e. The van der Waals surface area contributed by atoms with E-state index in [2.05, 4.69) is 9.71 Å². The number of nitrogens with one attached hydrogen (secondary N) is 1. The second kappa shape index (κ2) is 6.02. The van der Waals surface area contributed by atoms with Crippen LogP contribution in [0.4, 0.5) is 0 Å². The molecule has 0 aliphatic carbocycles. The Labute approximate surface area is 114 Å². The van der Waals surface area contributed by atoms with Gasteiger partial charge in [0.05, 0.1) is 0 Å². The lowest BCUT2D eigenvalue weighted by Gasteiger charge is -2.27. The number of hydrogen-bond donors (Lipinski definition) is 2. The average Bonchev–Trinajstić information content (AvgIpc) is 2.71. The van der Waals surface area contributed by atoms with Gasteiger partial charge in [-0.15, -0.1) is 0 Å². The summed E-state index contributed by atoms with van der Waals surface area (Å²) >= 11 is 0. The summed E-state index contributed by atoms with van der Waals surface area (Å²) in [5.74, 6) is 0.670. The van der Waals surface area contributed by atoms with E-state index in [0.717, 1.165) is 0 Å². The van der Waals surface area contributed by atoms with Crippen LogP contribution in [0.1, 0.15) is 39.4 Å². The van der Waals surface area contributed by atoms with Gasteiger partial charge in [-0.2, -0.15) is 0 Å². The molecule has 6 nitrogen and oxygen atoms in total. The third kappa shape index (κ3) is 3.77. The number of nitrogens with zero attached hydrogens (tertiary/aromatic N) is 2. The van der Waals surface area contributed by atoms with Gasteiger partial charge < -0.3 is 9.67 Å². The van der Waals surface area contributed by atoms with E-state index in [1.54, 1.807) is 18.4 Å². The van der Waals surface area contributed by atoms with Crippen LogP contribution >= 0.6 is 0 Å². The summed E-state index contributed by atoms with van der Waals surface area (Å²) in [6.45, 7) is 7.99. The van der Waals surface area contributed by atoms with Gasteiger partial charge in [-0.05, 0) is 33.6 Å². The molecule has 7 heteroatoms. The molecule has 0 spiro atoms. The van der Waals surface area contributed by atoms with Gasteiger partial charge in [0.2, 0.25) is 0 Å². The summed E-state index contributed by atoms with van der Waals surface area (Å²) in [4.78, 5) is 4.08. The van der Waals surface area contributed by atoms with Gasteiger partial charge in [-0.25, -0.2) is 18.1 Å². The molecule has 0 saturated carbocycles. The molecule has 1 atom stereocenters. The second-order valence-electron chi connectivity index (χ2n) is 4.91. The van der Waals surface area contributed by atoms with E-state index < -0.39 is 15.6 Å². The zero-order valence-corrected chi connectivity index (χ0v) is 12.8. The summed E-state index contributed by atoms with van der Waals surface area (Å²) in [5.41, 5.74) is -0.655. The van der Waals surface area contributed by atoms with Crippen LogP contribution in [0.2, 0.25) is 0 Å². The van der Waals surface area contributed by atoms with E-state index in [9.17, 15) is 8.42 Å². The van der Waals surface area contributed by atoms with E-state index in [1.807, 2.05) is 13.8 Å². The minimum atomic E-state index is -3.66. The molecule has 0 aromatic carbocycles. The fourth-order valence-corrected chi connectivity index (χ4v) is 3.37. The number of rotatable bonds is 7. The topological polar surface area (TPSA) is 84.2 Å². The van der Waals surface area contributed by atoms with E-state index in [-0.39, 0.29) is 11.6 Å². The highest BCUT2D eigenvalue weighted by atomic mass is 32.2. The highest BCUT2D eigenvalue weighted by Crippen LogP contribution is 2.18. The fourth-order valence-electron chi connectivity index (χ4n) is 1.85. The Morgan fingerprint density at radius 2 is 2.11 bits per heavy atom. The normalized spacial score (nSPS) is 15.4. The van der Waals surface area contributed by atoms with Crippen LogP contribution in [0.5, 0.6) is 0 Å². The van der Waals surface area contributed by atoms with Crippen molar-refractivity contribution in [1.82, 2.24) is 14.3 Å². The van der Waals surface area contributed by atoms with Crippen molar-refractivity contribution in [1.29, 1.82) is 0 Å². The van der Waals surface area contributed by atoms with E-state index in [4.69, 9.17) is 5.11 Å². The van der Waals surface area contributed by atoms with Gasteiger partial charge in [0.25, 0.3) is 10.0 Å². The lowest BCUT2D eigenvalue weighted by atomic mass is 9.97. The Hall–Kier alpha value is -0.920. The molecule has 0 aliphatic heterocycles. The van der Waals surface area contributed by atoms with Crippen LogP contribution < -0.4 is 4.72 Å². The fraction of sp³-hybridized carbons (Fsp3) is 0.750. The molecule has 1 heterocycles. The van der Waals surface area contributed by atoms with Gasteiger partial charge in [-0.3, -0.25) is 0 Å². The number of aromatic nitrogens is 2. The maximum absolute atomic E-state index is 12.3. The zero-order valence-electron chi connectivity index (χ0n) is 12.0. The van der Waals surface area contributed by atoms with Crippen molar-refractivity contribution in [3.63, 3.8) is 0 Å². The molecule has 0 saturated heterocycles. The molecule has 0 bridgehead atoms. The van der Waals surface area contributed by atoms with Gasteiger partial charge in [0, 0.05) is 24.9 Å². The first-order valence-electron chi connectivity index (χ1n) is 6.46. The molecular formula is C12H23N3O3S. The molecule has 0 fully saturated rings. The largest absolute Gasteiger partial charge is 0.396 e. The Morgan fingerprint density at radius 3 is 2.53 bits per heavy atom. The predicted molar refractivity (Wildman–Crippen MR) is 73.4 cm³/mol. The molecular weight excluding hydrogens is 266 g/mol. The predicted octanol–water partition coefficient (Wildman–Crippen LogP) is 1.04. The Balaban J connectivity index is 3.03. The van der Waals surface area contributed by atoms with E-state index in [1.165, 1.54) is 6.20 Å². The van der Waals surface area contributed by atoms with Gasteiger partial charge in [0.15, 0.2) is 5.03 Å². The number of aryl methyl sites for hydroxylation is 2. The first kappa shape index (κ1) is 16.1. The molecule has 0 radical (unpaired) electrons. The van der Waals surface area contributed by atoms with Crippen LogP contribution in [0.25, 0.3) is 0 Å². The van der Waals surface area contributed by atoms with Crippen molar-refractivity contribution in [2.75, 3.05) is 6.61 Å². The number of sulfonamides is 1. The SMILES string of the molecule is CCn1cc(S(=O)(=O)NC(C)(CC)CCO)nc1C. The molecule has 1 unspecified atom stereocenters. The first-order chi connectivity index (χ1) is 8.78. The molecule has 110 valence electrons. The first-order valence-corrected chi connectivity index (χ1v) is 7.95. The number of imidazole rings is 1. The summed E-state index contributed by atoms with van der Waals surface area (Å²) in [6, 6.07) is 0. The average molecular weight is 289 g/mol. The lowest BCUT2D eigenvalue weighted by molar-refractivity contribution is 0.233. The number of aliphatic hydroxyl groups is 1. The third-order valence-corrected chi connectivity index (χ3v) is 4.90. The number of hydrogen-bond acceptors (Lipinski definition) is 4. The highest BCUT2D eigenvalue weighted by molar-refractivity contribution is 7.89. The summed E-state index contributed by atoms with van der Waals surface area (Å²) in [5, 5.41) is 9.06. The van der Waals surface area contributed by atoms with Crippen LogP contribution in [0.3, 0.4) is 0 Å². The van der Waals surface area contributed by atoms with Crippen LogP contribution in [-0.2, 0) is 16.6 Å². The molecule has 0 aliphatic rings. The summed E-state index contributed by atoms with van der Waals surface area (Å²) in [6.07, 6.45) is 2.50. The lowest BCUT2D eigenvalue weighted by Crippen LogP contribution is -2.46. The smallest absolute Gasteiger partial charge is 0.260 e. The van der Waals surface area contributed by atoms with Gasteiger partial charge in [-0.1, -0.05) is 6.92 Å². The minimum absolute atomic E-state index is 0.0319. The quantitative estimate of drug-likeness (QED) is 0.785. The van der Waals surface area contributed by atoms with Crippen LogP contribution in [0, 0.1) is 6.92 Å². The van der Waals surface area contributed by atoms with Crippen LogP contribution in [-0.4, -0.2) is 35.2 Å². The summed E-state index contributed by atoms with van der Waals surface area (Å²) < 4.78 is 29.0. The third-order valence-electron chi connectivity index (χ3n) is 3.39. The monoisotopic (exact) mass is 289 g/mol. The Bertz CT molecular complexity index is 524. The standard InChI is InChI=1S/C12H23N3O3S/c1-5-12(4,7-8-16)14-19(17,18)11-9-15(6-2)10(3)13-11/h9,14,16H,5-8H2,1-4H3. The van der Waals surface area contributed by atoms with Crippen molar-refractivity contribution in [2.45, 2.75) is 57.6 Å². The summed E-state index contributed by atoms with van der Waals surface area (Å²) in [7, 11) is -3.66. The van der Waals surface area contributed by atoms with Gasteiger partial charge >= 0.3 is 0 Å². The second-order valence-corrected chi connectivity index (χ2v) is 6.53. The molecule has 2 N–H and O–H groups in total. The van der Waals surface area contributed by atoms with Crippen molar-refractivity contribution in [3.05, 3.63) is 12.0 Å². The van der Waals surface area contributed by atoms with Gasteiger partial charge in [0.1, 0.15) is 5.82 Å².